The fourth-order valence-electron chi connectivity index (χ4n) is 2.91. The van der Waals surface area contributed by atoms with Gasteiger partial charge in [0.05, 0.1) is 5.71 Å². The molecule has 8 nitrogen and oxygen atoms in total. The van der Waals surface area contributed by atoms with Crippen LogP contribution in [-0.4, -0.2) is 35.4 Å². The molecule has 0 spiro atoms. The van der Waals surface area contributed by atoms with E-state index in [9.17, 15) is 9.59 Å². The lowest BCUT2D eigenvalue weighted by molar-refractivity contribution is -0.130. The first-order valence-electron chi connectivity index (χ1n) is 9.18. The molecule has 0 radical (unpaired) electrons. The number of amides is 1. The van der Waals surface area contributed by atoms with E-state index in [1.54, 1.807) is 55.5 Å². The molecule has 1 amide bonds. The zero-order valence-corrected chi connectivity index (χ0v) is 16.0. The number of hydrogen-bond acceptors (Lipinski definition) is 6. The van der Waals surface area contributed by atoms with Crippen LogP contribution in [0.1, 0.15) is 23.0 Å². The molecule has 0 bridgehead atoms. The Bertz CT molecular complexity index is 1120. The molecule has 2 N–H and O–H groups in total. The Balaban J connectivity index is 1.39. The minimum absolute atomic E-state index is 0.105. The average molecular weight is 406 g/mol. The molecule has 2 aromatic carbocycles. The second-order valence-electron chi connectivity index (χ2n) is 6.58. The molecule has 0 saturated carbocycles. The van der Waals surface area contributed by atoms with Crippen LogP contribution >= 0.6 is 0 Å². The summed E-state index contributed by atoms with van der Waals surface area (Å²) in [5.41, 5.74) is 4.62. The van der Waals surface area contributed by atoms with Crippen LogP contribution in [0, 0.1) is 0 Å². The standard InChI is InChI=1S/C22H18N2O6/c1-13(14-6-8-15(9-7-14)16-10-11-19(29-16)22(26)27)23-24-21(25)20-12-28-17-4-2-3-5-18(17)30-20/h2-11,20H,12H2,1H3,(H,24,25)(H,26,27)/b23-13-/t20-/m0/s1. The second-order valence-corrected chi connectivity index (χ2v) is 6.58. The number of aromatic carboxylic acids is 1. The van der Waals surface area contributed by atoms with E-state index in [1.807, 2.05) is 6.07 Å². The number of carbonyl (C=O) groups is 2. The number of hydrogen-bond donors (Lipinski definition) is 2. The van der Waals surface area contributed by atoms with Crippen LogP contribution in [0.3, 0.4) is 0 Å². The van der Waals surface area contributed by atoms with Crippen molar-refractivity contribution in [2.75, 3.05) is 6.61 Å². The fraction of sp³-hybridized carbons (Fsp3) is 0.136. The molecule has 2 heterocycles. The van der Waals surface area contributed by atoms with Gasteiger partial charge in [0.15, 0.2) is 11.5 Å². The van der Waals surface area contributed by atoms with Gasteiger partial charge in [-0.05, 0) is 36.8 Å². The molecule has 0 fully saturated rings. The number of nitrogens with zero attached hydrogens (tertiary/aromatic N) is 1. The zero-order chi connectivity index (χ0) is 21.1. The van der Waals surface area contributed by atoms with E-state index in [4.69, 9.17) is 19.0 Å². The quantitative estimate of drug-likeness (QED) is 0.497. The van der Waals surface area contributed by atoms with Gasteiger partial charge in [-0.2, -0.15) is 5.10 Å². The van der Waals surface area contributed by atoms with Crippen molar-refractivity contribution >= 4 is 17.6 Å². The highest BCUT2D eigenvalue weighted by atomic mass is 16.6. The Labute approximate surface area is 171 Å². The van der Waals surface area contributed by atoms with E-state index in [0.29, 0.717) is 23.0 Å². The summed E-state index contributed by atoms with van der Waals surface area (Å²) in [7, 11) is 0. The maximum absolute atomic E-state index is 12.4. The Morgan fingerprint density at radius 2 is 1.77 bits per heavy atom. The smallest absolute Gasteiger partial charge is 0.371 e. The van der Waals surface area contributed by atoms with E-state index in [2.05, 4.69) is 10.5 Å². The second kappa shape index (κ2) is 8.12. The molecule has 1 aliphatic heterocycles. The van der Waals surface area contributed by atoms with Crippen molar-refractivity contribution in [1.82, 2.24) is 5.43 Å². The maximum atomic E-state index is 12.4. The fourth-order valence-corrected chi connectivity index (χ4v) is 2.91. The number of fused-ring (bicyclic) bond motifs is 1. The van der Waals surface area contributed by atoms with Crippen LogP contribution in [0.25, 0.3) is 11.3 Å². The third-order valence-electron chi connectivity index (χ3n) is 4.54. The lowest BCUT2D eigenvalue weighted by atomic mass is 10.1. The van der Waals surface area contributed by atoms with Gasteiger partial charge in [0.2, 0.25) is 11.9 Å². The van der Waals surface area contributed by atoms with Crippen molar-refractivity contribution in [3.8, 4) is 22.8 Å². The van der Waals surface area contributed by atoms with Gasteiger partial charge in [0.1, 0.15) is 12.4 Å². The number of carbonyl (C=O) groups excluding carboxylic acids is 1. The molecule has 1 atom stereocenters. The molecule has 1 aromatic heterocycles. The minimum Gasteiger partial charge on any atom is -0.485 e. The van der Waals surface area contributed by atoms with Crippen molar-refractivity contribution in [2.24, 2.45) is 5.10 Å². The lowest BCUT2D eigenvalue weighted by Gasteiger charge is -2.24. The molecule has 0 unspecified atom stereocenters. The molecule has 152 valence electrons. The summed E-state index contributed by atoms with van der Waals surface area (Å²) in [5.74, 6) is -0.0650. The first kappa shape index (κ1) is 19.3. The minimum atomic E-state index is -1.12. The Hall–Kier alpha value is -4.07. The summed E-state index contributed by atoms with van der Waals surface area (Å²) < 4.78 is 16.5. The van der Waals surface area contributed by atoms with E-state index in [1.165, 1.54) is 6.07 Å². The summed E-state index contributed by atoms with van der Waals surface area (Å²) in [6.45, 7) is 1.87. The predicted molar refractivity (Wildman–Crippen MR) is 108 cm³/mol. The number of carboxylic acids is 1. The van der Waals surface area contributed by atoms with Gasteiger partial charge in [-0.1, -0.05) is 36.4 Å². The number of ether oxygens (including phenoxy) is 2. The predicted octanol–water partition coefficient (Wildman–Crippen LogP) is 3.33. The summed E-state index contributed by atoms with van der Waals surface area (Å²) in [6, 6.07) is 17.3. The van der Waals surface area contributed by atoms with Crippen LogP contribution < -0.4 is 14.9 Å². The Morgan fingerprint density at radius 3 is 2.47 bits per heavy atom. The molecule has 0 aliphatic carbocycles. The van der Waals surface area contributed by atoms with Crippen LogP contribution in [0.4, 0.5) is 0 Å². The monoisotopic (exact) mass is 406 g/mol. The molecule has 30 heavy (non-hydrogen) atoms. The van der Waals surface area contributed by atoms with Gasteiger partial charge >= 0.3 is 5.97 Å². The van der Waals surface area contributed by atoms with E-state index in [0.717, 1.165) is 11.1 Å². The van der Waals surface area contributed by atoms with Gasteiger partial charge in [0.25, 0.3) is 5.91 Å². The zero-order valence-electron chi connectivity index (χ0n) is 16.0. The van der Waals surface area contributed by atoms with Gasteiger partial charge in [0, 0.05) is 5.56 Å². The van der Waals surface area contributed by atoms with Crippen molar-refractivity contribution < 1.29 is 28.6 Å². The van der Waals surface area contributed by atoms with Crippen LogP contribution in [0.5, 0.6) is 11.5 Å². The van der Waals surface area contributed by atoms with E-state index < -0.39 is 18.0 Å². The van der Waals surface area contributed by atoms with Crippen LogP contribution in [0.15, 0.2) is 70.2 Å². The molecule has 0 saturated heterocycles. The lowest BCUT2D eigenvalue weighted by Crippen LogP contribution is -2.42. The summed E-state index contributed by atoms with van der Waals surface area (Å²) in [5, 5.41) is 13.1. The molecule has 4 rings (SSSR count). The molecule has 1 aliphatic rings. The molecular formula is C22H18N2O6. The first-order valence-corrected chi connectivity index (χ1v) is 9.18. The highest BCUT2D eigenvalue weighted by Crippen LogP contribution is 2.30. The Kier molecular flexibility index (Phi) is 5.21. The van der Waals surface area contributed by atoms with Crippen molar-refractivity contribution in [3.63, 3.8) is 0 Å². The third kappa shape index (κ3) is 4.02. The van der Waals surface area contributed by atoms with Gasteiger partial charge in [-0.3, -0.25) is 4.79 Å². The molecule has 8 heteroatoms. The first-order chi connectivity index (χ1) is 14.5. The van der Waals surface area contributed by atoms with Crippen molar-refractivity contribution in [1.29, 1.82) is 0 Å². The highest BCUT2D eigenvalue weighted by Gasteiger charge is 2.27. The maximum Gasteiger partial charge on any atom is 0.371 e. The number of hydrazone groups is 1. The SMILES string of the molecule is C/C(=N/NC(=O)[C@@H]1COc2ccccc2O1)c1ccc(-c2ccc(C(=O)O)o2)cc1. The largest absolute Gasteiger partial charge is 0.485 e. The number of rotatable bonds is 5. The normalized spacial score (nSPS) is 15.5. The van der Waals surface area contributed by atoms with Crippen LogP contribution in [0.2, 0.25) is 0 Å². The molecule has 3 aromatic rings. The average Bonchev–Trinajstić information content (AvgIpc) is 3.28. The summed E-state index contributed by atoms with van der Waals surface area (Å²) >= 11 is 0. The van der Waals surface area contributed by atoms with E-state index in [-0.39, 0.29) is 12.4 Å². The van der Waals surface area contributed by atoms with Gasteiger partial charge < -0.3 is 19.0 Å². The summed E-state index contributed by atoms with van der Waals surface area (Å²) in [4.78, 5) is 23.3. The van der Waals surface area contributed by atoms with Crippen LogP contribution in [-0.2, 0) is 4.79 Å². The number of para-hydroxylation sites is 2. The molecular weight excluding hydrogens is 388 g/mol. The third-order valence-corrected chi connectivity index (χ3v) is 4.54. The Morgan fingerprint density at radius 1 is 1.03 bits per heavy atom. The highest BCUT2D eigenvalue weighted by molar-refractivity contribution is 5.99. The van der Waals surface area contributed by atoms with Crippen molar-refractivity contribution in [2.45, 2.75) is 13.0 Å². The van der Waals surface area contributed by atoms with Gasteiger partial charge in [-0.25, -0.2) is 10.2 Å². The van der Waals surface area contributed by atoms with E-state index >= 15 is 0 Å². The van der Waals surface area contributed by atoms with Gasteiger partial charge in [-0.15, -0.1) is 0 Å². The number of benzene rings is 2. The summed E-state index contributed by atoms with van der Waals surface area (Å²) in [6.07, 6.45) is -0.791. The number of furan rings is 1. The van der Waals surface area contributed by atoms with Crippen molar-refractivity contribution in [3.05, 3.63) is 72.0 Å². The number of nitrogens with one attached hydrogen (secondary N) is 1. The number of carboxylic acid groups (broad SMARTS) is 1. The topological polar surface area (TPSA) is 110 Å².